The van der Waals surface area contributed by atoms with Crippen molar-refractivity contribution >= 4 is 23.5 Å². The standard InChI is InChI=1S/C14H15F3N4OS/c15-14(16,17)23-12-6-2-1-5-11(12)20-13(22)18-7-3-9-21-10-4-8-19-21/h1-2,4-6,8,10H,3,7,9H2,(H2,18,20,22). The van der Waals surface area contributed by atoms with Crippen LogP contribution < -0.4 is 10.6 Å². The smallest absolute Gasteiger partial charge is 0.338 e. The Bertz CT molecular complexity index is 631. The molecule has 0 saturated carbocycles. The molecule has 0 spiro atoms. The van der Waals surface area contributed by atoms with Crippen LogP contribution in [0.1, 0.15) is 6.42 Å². The van der Waals surface area contributed by atoms with Crippen LogP contribution in [-0.2, 0) is 6.54 Å². The molecule has 0 fully saturated rings. The van der Waals surface area contributed by atoms with Crippen molar-refractivity contribution in [1.29, 1.82) is 0 Å². The van der Waals surface area contributed by atoms with Crippen molar-refractivity contribution in [2.75, 3.05) is 11.9 Å². The summed E-state index contributed by atoms with van der Waals surface area (Å²) in [5.74, 6) is 0. The Morgan fingerprint density at radius 2 is 2.04 bits per heavy atom. The SMILES string of the molecule is O=C(NCCCn1cccn1)Nc1ccccc1SC(F)(F)F. The highest BCUT2D eigenvalue weighted by Crippen LogP contribution is 2.40. The van der Waals surface area contributed by atoms with E-state index < -0.39 is 11.5 Å². The third-order valence-corrected chi connectivity index (χ3v) is 3.58. The molecule has 0 aliphatic heterocycles. The number of halogens is 3. The number of urea groups is 1. The van der Waals surface area contributed by atoms with Crippen LogP contribution in [0.25, 0.3) is 0 Å². The zero-order valence-corrected chi connectivity index (χ0v) is 12.8. The van der Waals surface area contributed by atoms with Gasteiger partial charge < -0.3 is 10.6 Å². The maximum Gasteiger partial charge on any atom is 0.446 e. The van der Waals surface area contributed by atoms with Gasteiger partial charge in [0.15, 0.2) is 0 Å². The third-order valence-electron chi connectivity index (χ3n) is 2.77. The van der Waals surface area contributed by atoms with E-state index in [9.17, 15) is 18.0 Å². The molecule has 9 heteroatoms. The fourth-order valence-electron chi connectivity index (χ4n) is 1.83. The number of hydrogen-bond donors (Lipinski definition) is 2. The number of nitrogens with zero attached hydrogens (tertiary/aromatic N) is 2. The maximum absolute atomic E-state index is 12.5. The van der Waals surface area contributed by atoms with Crippen molar-refractivity contribution in [2.45, 2.75) is 23.4 Å². The predicted molar refractivity (Wildman–Crippen MR) is 82.2 cm³/mol. The van der Waals surface area contributed by atoms with E-state index in [1.165, 1.54) is 18.2 Å². The van der Waals surface area contributed by atoms with Crippen LogP contribution in [0, 0.1) is 0 Å². The monoisotopic (exact) mass is 344 g/mol. The summed E-state index contributed by atoms with van der Waals surface area (Å²) in [6, 6.07) is 7.05. The van der Waals surface area contributed by atoms with Gasteiger partial charge in [-0.15, -0.1) is 0 Å². The van der Waals surface area contributed by atoms with Crippen LogP contribution in [-0.4, -0.2) is 27.9 Å². The van der Waals surface area contributed by atoms with Crippen LogP contribution >= 0.6 is 11.8 Å². The Labute approximate surface area is 135 Å². The molecule has 0 saturated heterocycles. The number of para-hydroxylation sites is 1. The molecule has 2 amide bonds. The average Bonchev–Trinajstić information content (AvgIpc) is 2.97. The highest BCUT2D eigenvalue weighted by Gasteiger charge is 2.30. The molecular formula is C14H15F3N4OS. The van der Waals surface area contributed by atoms with E-state index in [0.29, 0.717) is 19.5 Å². The minimum Gasteiger partial charge on any atom is -0.338 e. The lowest BCUT2D eigenvalue weighted by Gasteiger charge is -2.12. The van der Waals surface area contributed by atoms with Gasteiger partial charge in [-0.25, -0.2) is 4.79 Å². The summed E-state index contributed by atoms with van der Waals surface area (Å²) in [4.78, 5) is 11.7. The fraction of sp³-hybridized carbons (Fsp3) is 0.286. The van der Waals surface area contributed by atoms with Gasteiger partial charge >= 0.3 is 11.5 Å². The zero-order chi connectivity index (χ0) is 16.7. The number of carbonyl (C=O) groups is 1. The molecule has 0 aliphatic rings. The Morgan fingerprint density at radius 3 is 2.74 bits per heavy atom. The summed E-state index contributed by atoms with van der Waals surface area (Å²) >= 11 is -0.258. The van der Waals surface area contributed by atoms with Gasteiger partial charge in [0.1, 0.15) is 0 Å². The highest BCUT2D eigenvalue weighted by molar-refractivity contribution is 8.00. The Balaban J connectivity index is 1.80. The molecule has 1 aromatic heterocycles. The molecule has 0 aliphatic carbocycles. The summed E-state index contributed by atoms with van der Waals surface area (Å²) in [5.41, 5.74) is -4.28. The molecule has 0 radical (unpaired) electrons. The van der Waals surface area contributed by atoms with Crippen LogP contribution in [0.5, 0.6) is 0 Å². The molecule has 1 aromatic carbocycles. The minimum absolute atomic E-state index is 0.0494. The lowest BCUT2D eigenvalue weighted by atomic mass is 10.3. The van der Waals surface area contributed by atoms with Crippen molar-refractivity contribution in [1.82, 2.24) is 15.1 Å². The summed E-state index contributed by atoms with van der Waals surface area (Å²) in [5, 5.41) is 9.06. The summed E-state index contributed by atoms with van der Waals surface area (Å²) in [6.07, 6.45) is 4.13. The molecule has 0 atom stereocenters. The van der Waals surface area contributed by atoms with Gasteiger partial charge in [-0.1, -0.05) is 12.1 Å². The second-order valence-electron chi connectivity index (χ2n) is 4.55. The van der Waals surface area contributed by atoms with Gasteiger partial charge in [0.25, 0.3) is 0 Å². The Morgan fingerprint density at radius 1 is 1.26 bits per heavy atom. The number of alkyl halides is 3. The summed E-state index contributed by atoms with van der Waals surface area (Å²) in [7, 11) is 0. The van der Waals surface area contributed by atoms with Gasteiger partial charge in [-0.05, 0) is 36.4 Å². The first-order valence-corrected chi connectivity index (χ1v) is 7.63. The molecule has 5 nitrogen and oxygen atoms in total. The van der Waals surface area contributed by atoms with E-state index in [-0.39, 0.29) is 22.3 Å². The lowest BCUT2D eigenvalue weighted by molar-refractivity contribution is -0.0328. The maximum atomic E-state index is 12.5. The first-order chi connectivity index (χ1) is 10.9. The number of nitrogens with one attached hydrogen (secondary N) is 2. The number of amides is 2. The number of hydrogen-bond acceptors (Lipinski definition) is 3. The molecule has 23 heavy (non-hydrogen) atoms. The van der Waals surface area contributed by atoms with E-state index in [0.717, 1.165) is 0 Å². The lowest BCUT2D eigenvalue weighted by Crippen LogP contribution is -2.30. The third kappa shape index (κ3) is 6.23. The second kappa shape index (κ2) is 7.91. The van der Waals surface area contributed by atoms with Crippen LogP contribution in [0.4, 0.5) is 23.7 Å². The predicted octanol–water partition coefficient (Wildman–Crippen LogP) is 3.71. The number of anilines is 1. The number of benzene rings is 1. The van der Waals surface area contributed by atoms with Gasteiger partial charge in [0, 0.05) is 30.4 Å². The van der Waals surface area contributed by atoms with E-state index in [2.05, 4.69) is 15.7 Å². The molecule has 2 aromatic rings. The van der Waals surface area contributed by atoms with Crippen molar-refractivity contribution in [3.05, 3.63) is 42.7 Å². The summed E-state index contributed by atoms with van der Waals surface area (Å²) < 4.78 is 39.1. The second-order valence-corrected chi connectivity index (χ2v) is 5.65. The minimum atomic E-state index is -4.40. The highest BCUT2D eigenvalue weighted by atomic mass is 32.2. The van der Waals surface area contributed by atoms with Crippen molar-refractivity contribution in [3.63, 3.8) is 0 Å². The van der Waals surface area contributed by atoms with Crippen LogP contribution in [0.15, 0.2) is 47.6 Å². The number of thioether (sulfide) groups is 1. The first kappa shape index (κ1) is 17.2. The van der Waals surface area contributed by atoms with Crippen LogP contribution in [0.3, 0.4) is 0 Å². The Kier molecular flexibility index (Phi) is 5.91. The first-order valence-electron chi connectivity index (χ1n) is 6.81. The van der Waals surface area contributed by atoms with Gasteiger partial charge in [-0.2, -0.15) is 18.3 Å². The normalized spacial score (nSPS) is 11.3. The van der Waals surface area contributed by atoms with Crippen LogP contribution in [0.2, 0.25) is 0 Å². The molecule has 2 rings (SSSR count). The van der Waals surface area contributed by atoms with E-state index in [4.69, 9.17) is 0 Å². The topological polar surface area (TPSA) is 59.0 Å². The molecule has 1 heterocycles. The number of aromatic nitrogens is 2. The molecule has 124 valence electrons. The van der Waals surface area contributed by atoms with Crippen molar-refractivity contribution in [3.8, 4) is 0 Å². The fourth-order valence-corrected chi connectivity index (χ4v) is 2.45. The van der Waals surface area contributed by atoms with Gasteiger partial charge in [0.2, 0.25) is 0 Å². The van der Waals surface area contributed by atoms with E-state index in [1.54, 1.807) is 23.0 Å². The number of rotatable bonds is 6. The molecule has 0 bridgehead atoms. The molecule has 2 N–H and O–H groups in total. The number of carbonyl (C=O) groups excluding carboxylic acids is 1. The quantitative estimate of drug-likeness (QED) is 0.620. The zero-order valence-electron chi connectivity index (χ0n) is 12.0. The van der Waals surface area contributed by atoms with E-state index >= 15 is 0 Å². The van der Waals surface area contributed by atoms with E-state index in [1.807, 2.05) is 6.20 Å². The molecular weight excluding hydrogens is 329 g/mol. The van der Waals surface area contributed by atoms with Gasteiger partial charge in [0.05, 0.1) is 5.69 Å². The number of aryl methyl sites for hydroxylation is 1. The Hall–Kier alpha value is -2.16. The van der Waals surface area contributed by atoms with Crippen molar-refractivity contribution in [2.24, 2.45) is 0 Å². The largest absolute Gasteiger partial charge is 0.446 e. The molecule has 0 unspecified atom stereocenters. The van der Waals surface area contributed by atoms with Gasteiger partial charge in [-0.3, -0.25) is 4.68 Å². The van der Waals surface area contributed by atoms with Crippen molar-refractivity contribution < 1.29 is 18.0 Å². The average molecular weight is 344 g/mol. The summed E-state index contributed by atoms with van der Waals surface area (Å²) in [6.45, 7) is 1.04.